The van der Waals surface area contributed by atoms with E-state index in [-0.39, 0.29) is 54.6 Å². The Morgan fingerprint density at radius 3 is 2.40 bits per heavy atom. The lowest BCUT2D eigenvalue weighted by atomic mass is 9.86. The summed E-state index contributed by atoms with van der Waals surface area (Å²) in [6.07, 6.45) is 0.729. The Morgan fingerprint density at radius 1 is 1.17 bits per heavy atom. The van der Waals surface area contributed by atoms with Gasteiger partial charge >= 0.3 is 0 Å². The summed E-state index contributed by atoms with van der Waals surface area (Å²) < 4.78 is 57.4. The highest BCUT2D eigenvalue weighted by molar-refractivity contribution is 7.89. The van der Waals surface area contributed by atoms with Gasteiger partial charge in [-0.15, -0.1) is 5.10 Å². The molecule has 1 amide bonds. The zero-order chi connectivity index (χ0) is 25.6. The number of piperazine rings is 1. The Kier molecular flexibility index (Phi) is 7.15. The van der Waals surface area contributed by atoms with Crippen LogP contribution in [0.15, 0.2) is 29.4 Å². The summed E-state index contributed by atoms with van der Waals surface area (Å²) in [5.74, 6) is -3.38. The van der Waals surface area contributed by atoms with Crippen LogP contribution in [-0.2, 0) is 17.1 Å². The maximum absolute atomic E-state index is 14.5. The van der Waals surface area contributed by atoms with Crippen LogP contribution in [0.25, 0.3) is 0 Å². The molecule has 1 saturated heterocycles. The number of hydrogen-bond acceptors (Lipinski definition) is 6. The van der Waals surface area contributed by atoms with Crippen LogP contribution in [0.1, 0.15) is 36.5 Å². The number of aromatic nitrogens is 3. The molecule has 4 rings (SSSR count). The molecule has 1 aromatic heterocycles. The molecule has 1 aliphatic heterocycles. The molecule has 2 atom stereocenters. The first kappa shape index (κ1) is 26.2. The third-order valence-corrected chi connectivity index (χ3v) is 9.18. The highest BCUT2D eigenvalue weighted by atomic mass is 35.5. The van der Waals surface area contributed by atoms with Crippen molar-refractivity contribution in [2.24, 2.45) is 7.05 Å². The summed E-state index contributed by atoms with van der Waals surface area (Å²) in [7, 11) is -2.28. The van der Waals surface area contributed by atoms with Crippen molar-refractivity contribution in [1.82, 2.24) is 29.5 Å². The first-order valence-electron chi connectivity index (χ1n) is 11.1. The number of aryl methyl sites for hydroxylation is 1. The highest BCUT2D eigenvalue weighted by Crippen LogP contribution is 2.47. The fourth-order valence-electron chi connectivity index (χ4n) is 4.97. The third kappa shape index (κ3) is 5.17. The molecule has 1 N–H and O–H groups in total. The van der Waals surface area contributed by atoms with Gasteiger partial charge in [0.05, 0.1) is 16.8 Å². The molecule has 2 fully saturated rings. The lowest BCUT2D eigenvalue weighted by Crippen LogP contribution is -2.64. The van der Waals surface area contributed by atoms with Gasteiger partial charge < -0.3 is 5.32 Å². The number of sulfonamides is 1. The van der Waals surface area contributed by atoms with E-state index in [1.165, 1.54) is 33.4 Å². The number of carbonyl (C=O) groups excluding carboxylic acids is 1. The van der Waals surface area contributed by atoms with Gasteiger partial charge in [0.15, 0.2) is 0 Å². The van der Waals surface area contributed by atoms with Gasteiger partial charge in [-0.1, -0.05) is 28.4 Å². The van der Waals surface area contributed by atoms with Crippen LogP contribution in [-0.4, -0.2) is 82.2 Å². The molecule has 1 aliphatic carbocycles. The number of nitrogens with zero attached hydrogens (tertiary/aromatic N) is 5. The van der Waals surface area contributed by atoms with Crippen LogP contribution in [0.4, 0.5) is 8.78 Å². The van der Waals surface area contributed by atoms with Crippen molar-refractivity contribution >= 4 is 39.1 Å². The van der Waals surface area contributed by atoms with E-state index in [2.05, 4.69) is 15.6 Å². The van der Waals surface area contributed by atoms with E-state index in [0.717, 1.165) is 0 Å². The largest absolute Gasteiger partial charge is 0.348 e. The van der Waals surface area contributed by atoms with Gasteiger partial charge in [0.25, 0.3) is 15.9 Å². The van der Waals surface area contributed by atoms with Crippen molar-refractivity contribution in [3.63, 3.8) is 0 Å². The fourth-order valence-corrected chi connectivity index (χ4v) is 6.80. The topological polar surface area (TPSA) is 100 Å². The number of amides is 1. The average molecular weight is 551 g/mol. The van der Waals surface area contributed by atoms with Gasteiger partial charge in [-0.25, -0.2) is 17.2 Å². The zero-order valence-electron chi connectivity index (χ0n) is 19.2. The van der Waals surface area contributed by atoms with Crippen LogP contribution in [0.3, 0.4) is 0 Å². The van der Waals surface area contributed by atoms with Crippen LogP contribution in [0.2, 0.25) is 10.0 Å². The molecular weight excluding hydrogens is 525 g/mol. The van der Waals surface area contributed by atoms with Crippen molar-refractivity contribution in [3.8, 4) is 0 Å². The Hall–Kier alpha value is -1.86. The average Bonchev–Trinajstić information content (AvgIpc) is 3.37. The lowest BCUT2D eigenvalue weighted by molar-refractivity contribution is -0.0310. The highest BCUT2D eigenvalue weighted by Gasteiger charge is 2.56. The Balaban J connectivity index is 1.52. The molecule has 0 bridgehead atoms. The molecule has 0 spiro atoms. The van der Waals surface area contributed by atoms with Gasteiger partial charge in [-0.05, 0) is 31.5 Å². The minimum Gasteiger partial charge on any atom is -0.348 e. The second-order valence-electron chi connectivity index (χ2n) is 9.08. The summed E-state index contributed by atoms with van der Waals surface area (Å²) in [6, 6.07) is 3.80. The molecule has 2 unspecified atom stereocenters. The molecule has 2 aromatic rings. The Labute approximate surface area is 212 Å². The van der Waals surface area contributed by atoms with E-state index in [9.17, 15) is 22.0 Å². The molecule has 35 heavy (non-hydrogen) atoms. The van der Waals surface area contributed by atoms with Gasteiger partial charge in [0, 0.05) is 62.7 Å². The normalized spacial score (nSPS) is 24.4. The summed E-state index contributed by atoms with van der Waals surface area (Å²) >= 11 is 12.1. The second-order valence-corrected chi connectivity index (χ2v) is 11.8. The standard InChI is InChI=1S/C21H26Cl2F2N6O3S/c1-14(26-19(32)16-4-3-15(22)11-17(16)23)20(5-6-21(24,25)13-20)30-7-9-31(10-8-30)35(33,34)18-12-29(2)28-27-18/h3-4,11-12,14H,5-10,13H2,1-2H3,(H,26,32). The Morgan fingerprint density at radius 2 is 1.86 bits per heavy atom. The molecule has 14 heteroatoms. The van der Waals surface area contributed by atoms with Gasteiger partial charge in [0.1, 0.15) is 0 Å². The molecular formula is C21H26Cl2F2N6O3S. The monoisotopic (exact) mass is 550 g/mol. The number of rotatable bonds is 6. The number of benzene rings is 1. The maximum atomic E-state index is 14.5. The second kappa shape index (κ2) is 9.55. The van der Waals surface area contributed by atoms with E-state index < -0.39 is 39.9 Å². The summed E-state index contributed by atoms with van der Waals surface area (Å²) in [5.41, 5.74) is -0.844. The third-order valence-electron chi connectivity index (χ3n) is 6.87. The maximum Gasteiger partial charge on any atom is 0.264 e. The first-order chi connectivity index (χ1) is 16.3. The summed E-state index contributed by atoms with van der Waals surface area (Å²) in [4.78, 5) is 14.8. The molecule has 0 radical (unpaired) electrons. The van der Waals surface area contributed by atoms with E-state index in [1.807, 2.05) is 4.90 Å². The van der Waals surface area contributed by atoms with Gasteiger partial charge in [0.2, 0.25) is 10.9 Å². The number of alkyl halides is 2. The van der Waals surface area contributed by atoms with Crippen LogP contribution < -0.4 is 5.32 Å². The Bertz CT molecular complexity index is 1220. The minimum atomic E-state index is -3.85. The van der Waals surface area contributed by atoms with E-state index in [1.54, 1.807) is 14.0 Å². The van der Waals surface area contributed by atoms with Crippen molar-refractivity contribution < 1.29 is 22.0 Å². The van der Waals surface area contributed by atoms with Crippen LogP contribution in [0.5, 0.6) is 0 Å². The number of hydrogen-bond donors (Lipinski definition) is 1. The molecule has 1 aromatic carbocycles. The molecule has 9 nitrogen and oxygen atoms in total. The SMILES string of the molecule is CC(NC(=O)c1ccc(Cl)cc1Cl)C1(N2CCN(S(=O)(=O)c3cn(C)nn3)CC2)CCC(F)(F)C1. The van der Waals surface area contributed by atoms with E-state index >= 15 is 0 Å². The molecule has 1 saturated carbocycles. The smallest absolute Gasteiger partial charge is 0.264 e. The van der Waals surface area contributed by atoms with Gasteiger partial charge in [-0.2, -0.15) is 4.31 Å². The summed E-state index contributed by atoms with van der Waals surface area (Å²) in [6.45, 7) is 2.38. The quantitative estimate of drug-likeness (QED) is 0.593. The lowest BCUT2D eigenvalue weighted by Gasteiger charge is -2.48. The zero-order valence-corrected chi connectivity index (χ0v) is 21.5. The van der Waals surface area contributed by atoms with E-state index in [4.69, 9.17) is 23.2 Å². The van der Waals surface area contributed by atoms with Crippen molar-refractivity contribution in [2.75, 3.05) is 26.2 Å². The molecule has 2 heterocycles. The minimum absolute atomic E-state index is 0.107. The predicted octanol–water partition coefficient (Wildman–Crippen LogP) is 2.80. The number of halogens is 4. The summed E-state index contributed by atoms with van der Waals surface area (Å²) in [5, 5.41) is 10.6. The molecule has 2 aliphatic rings. The fraction of sp³-hybridized carbons (Fsp3) is 0.571. The van der Waals surface area contributed by atoms with Crippen molar-refractivity contribution in [3.05, 3.63) is 40.0 Å². The first-order valence-corrected chi connectivity index (χ1v) is 13.3. The van der Waals surface area contributed by atoms with Crippen molar-refractivity contribution in [1.29, 1.82) is 0 Å². The van der Waals surface area contributed by atoms with Crippen LogP contribution >= 0.6 is 23.2 Å². The van der Waals surface area contributed by atoms with Crippen molar-refractivity contribution in [2.45, 2.75) is 48.7 Å². The number of carbonyl (C=O) groups is 1. The predicted molar refractivity (Wildman–Crippen MR) is 126 cm³/mol. The van der Waals surface area contributed by atoms with Gasteiger partial charge in [-0.3, -0.25) is 14.4 Å². The molecule has 192 valence electrons. The van der Waals surface area contributed by atoms with E-state index in [0.29, 0.717) is 5.02 Å². The van der Waals surface area contributed by atoms with Crippen LogP contribution in [0, 0.1) is 0 Å². The number of nitrogens with one attached hydrogen (secondary N) is 1.